The SMILES string of the molecule is CO[C@@H](C)c1cccc(C(=O)c2ccccc2)c1. The van der Waals surface area contributed by atoms with Gasteiger partial charge in [-0.1, -0.05) is 48.5 Å². The topological polar surface area (TPSA) is 26.3 Å². The van der Waals surface area contributed by atoms with Crippen molar-refractivity contribution in [1.29, 1.82) is 0 Å². The highest BCUT2D eigenvalue weighted by Crippen LogP contribution is 2.18. The highest BCUT2D eigenvalue weighted by Gasteiger charge is 2.11. The lowest BCUT2D eigenvalue weighted by atomic mass is 10.00. The molecule has 0 saturated carbocycles. The average Bonchev–Trinajstić information content (AvgIpc) is 2.46. The minimum Gasteiger partial charge on any atom is -0.377 e. The van der Waals surface area contributed by atoms with Crippen LogP contribution in [0.2, 0.25) is 0 Å². The van der Waals surface area contributed by atoms with Gasteiger partial charge in [0.05, 0.1) is 6.10 Å². The molecule has 18 heavy (non-hydrogen) atoms. The largest absolute Gasteiger partial charge is 0.377 e. The van der Waals surface area contributed by atoms with E-state index in [1.54, 1.807) is 7.11 Å². The van der Waals surface area contributed by atoms with Gasteiger partial charge in [0, 0.05) is 18.2 Å². The summed E-state index contributed by atoms with van der Waals surface area (Å²) < 4.78 is 5.27. The number of hydrogen-bond donors (Lipinski definition) is 0. The molecule has 2 heteroatoms. The molecule has 0 spiro atoms. The predicted molar refractivity (Wildman–Crippen MR) is 71.7 cm³/mol. The maximum atomic E-state index is 12.3. The zero-order valence-electron chi connectivity index (χ0n) is 10.6. The van der Waals surface area contributed by atoms with Gasteiger partial charge in [0.15, 0.2) is 5.78 Å². The van der Waals surface area contributed by atoms with Crippen LogP contribution in [-0.4, -0.2) is 12.9 Å². The van der Waals surface area contributed by atoms with Crippen molar-refractivity contribution in [2.45, 2.75) is 13.0 Å². The van der Waals surface area contributed by atoms with Crippen LogP contribution in [0.25, 0.3) is 0 Å². The second-order valence-electron chi connectivity index (χ2n) is 4.20. The number of ether oxygens (including phenoxy) is 1. The van der Waals surface area contributed by atoms with E-state index < -0.39 is 0 Å². The van der Waals surface area contributed by atoms with E-state index >= 15 is 0 Å². The van der Waals surface area contributed by atoms with Crippen LogP contribution in [0.5, 0.6) is 0 Å². The number of carbonyl (C=O) groups is 1. The number of carbonyl (C=O) groups excluding carboxylic acids is 1. The Balaban J connectivity index is 2.32. The van der Waals surface area contributed by atoms with Gasteiger partial charge in [-0.2, -0.15) is 0 Å². The predicted octanol–water partition coefficient (Wildman–Crippen LogP) is 3.63. The Labute approximate surface area is 107 Å². The van der Waals surface area contributed by atoms with E-state index in [4.69, 9.17) is 4.74 Å². The Hall–Kier alpha value is -1.93. The summed E-state index contributed by atoms with van der Waals surface area (Å²) in [5.41, 5.74) is 2.42. The lowest BCUT2D eigenvalue weighted by molar-refractivity contribution is 0.103. The summed E-state index contributed by atoms with van der Waals surface area (Å²) in [6, 6.07) is 16.9. The summed E-state index contributed by atoms with van der Waals surface area (Å²) >= 11 is 0. The van der Waals surface area contributed by atoms with Crippen molar-refractivity contribution in [3.05, 3.63) is 71.3 Å². The smallest absolute Gasteiger partial charge is 0.193 e. The summed E-state index contributed by atoms with van der Waals surface area (Å²) in [5.74, 6) is 0.0424. The van der Waals surface area contributed by atoms with E-state index in [2.05, 4.69) is 0 Å². The van der Waals surface area contributed by atoms with Gasteiger partial charge >= 0.3 is 0 Å². The Morgan fingerprint density at radius 1 is 1.00 bits per heavy atom. The third kappa shape index (κ3) is 2.66. The lowest BCUT2D eigenvalue weighted by Gasteiger charge is -2.10. The molecule has 0 N–H and O–H groups in total. The summed E-state index contributed by atoms with van der Waals surface area (Å²) in [4.78, 5) is 12.3. The maximum Gasteiger partial charge on any atom is 0.193 e. The Morgan fingerprint density at radius 3 is 2.33 bits per heavy atom. The van der Waals surface area contributed by atoms with E-state index in [9.17, 15) is 4.79 Å². The van der Waals surface area contributed by atoms with Crippen molar-refractivity contribution in [1.82, 2.24) is 0 Å². The van der Waals surface area contributed by atoms with Crippen LogP contribution >= 0.6 is 0 Å². The third-order valence-corrected chi connectivity index (χ3v) is 3.01. The van der Waals surface area contributed by atoms with Gasteiger partial charge in [-0.25, -0.2) is 0 Å². The van der Waals surface area contributed by atoms with E-state index in [-0.39, 0.29) is 11.9 Å². The molecule has 92 valence electrons. The first-order valence-electron chi connectivity index (χ1n) is 5.95. The van der Waals surface area contributed by atoms with Crippen molar-refractivity contribution in [2.24, 2.45) is 0 Å². The number of methoxy groups -OCH3 is 1. The van der Waals surface area contributed by atoms with E-state index in [0.29, 0.717) is 11.1 Å². The molecule has 1 atom stereocenters. The number of hydrogen-bond acceptors (Lipinski definition) is 2. The number of benzene rings is 2. The van der Waals surface area contributed by atoms with Crippen molar-refractivity contribution >= 4 is 5.78 Å². The van der Waals surface area contributed by atoms with Crippen LogP contribution < -0.4 is 0 Å². The quantitative estimate of drug-likeness (QED) is 0.763. The first-order valence-corrected chi connectivity index (χ1v) is 5.95. The third-order valence-electron chi connectivity index (χ3n) is 3.01. The van der Waals surface area contributed by atoms with Gasteiger partial charge in [0.2, 0.25) is 0 Å². The van der Waals surface area contributed by atoms with Gasteiger partial charge in [0.25, 0.3) is 0 Å². The minimum atomic E-state index is -0.00600. The maximum absolute atomic E-state index is 12.3. The van der Waals surface area contributed by atoms with E-state index in [1.807, 2.05) is 61.5 Å². The van der Waals surface area contributed by atoms with Gasteiger partial charge in [-0.15, -0.1) is 0 Å². The molecule has 0 radical (unpaired) electrons. The molecular weight excluding hydrogens is 224 g/mol. The van der Waals surface area contributed by atoms with Crippen LogP contribution in [-0.2, 0) is 4.74 Å². The highest BCUT2D eigenvalue weighted by atomic mass is 16.5. The highest BCUT2D eigenvalue weighted by molar-refractivity contribution is 6.09. The molecule has 0 saturated heterocycles. The van der Waals surface area contributed by atoms with Crippen LogP contribution in [0, 0.1) is 0 Å². The molecule has 0 amide bonds. The standard InChI is InChI=1S/C16H16O2/c1-12(18-2)14-9-6-10-15(11-14)16(17)13-7-4-3-5-8-13/h3-12H,1-2H3/t12-/m0/s1. The molecule has 2 aromatic rings. The van der Waals surface area contributed by atoms with E-state index in [1.165, 1.54) is 0 Å². The van der Waals surface area contributed by atoms with E-state index in [0.717, 1.165) is 5.56 Å². The normalized spacial score (nSPS) is 12.1. The molecule has 0 aliphatic carbocycles. The number of ketones is 1. The molecule has 2 rings (SSSR count). The fraction of sp³-hybridized carbons (Fsp3) is 0.188. The summed E-state index contributed by atoms with van der Waals surface area (Å²) in [7, 11) is 1.66. The van der Waals surface area contributed by atoms with Crippen LogP contribution in [0.1, 0.15) is 34.5 Å². The molecule has 2 aromatic carbocycles. The second kappa shape index (κ2) is 5.61. The molecule has 2 nitrogen and oxygen atoms in total. The van der Waals surface area contributed by atoms with Crippen molar-refractivity contribution in [2.75, 3.05) is 7.11 Å². The molecule has 0 aliphatic rings. The molecule has 0 bridgehead atoms. The number of rotatable bonds is 4. The van der Waals surface area contributed by atoms with Crippen molar-refractivity contribution < 1.29 is 9.53 Å². The van der Waals surface area contributed by atoms with Crippen LogP contribution in [0.4, 0.5) is 0 Å². The zero-order valence-corrected chi connectivity index (χ0v) is 10.6. The minimum absolute atomic E-state index is 0.00600. The van der Waals surface area contributed by atoms with Gasteiger partial charge in [0.1, 0.15) is 0 Å². The average molecular weight is 240 g/mol. The summed E-state index contributed by atoms with van der Waals surface area (Å²) in [6.07, 6.45) is -0.00600. The van der Waals surface area contributed by atoms with Crippen LogP contribution in [0.3, 0.4) is 0 Å². The Morgan fingerprint density at radius 2 is 1.67 bits per heavy atom. The van der Waals surface area contributed by atoms with Crippen molar-refractivity contribution in [3.63, 3.8) is 0 Å². The fourth-order valence-electron chi connectivity index (χ4n) is 1.83. The Bertz CT molecular complexity index is 532. The van der Waals surface area contributed by atoms with Gasteiger partial charge in [-0.05, 0) is 18.6 Å². The zero-order chi connectivity index (χ0) is 13.0. The lowest BCUT2D eigenvalue weighted by Crippen LogP contribution is -2.03. The van der Waals surface area contributed by atoms with Gasteiger partial charge in [-0.3, -0.25) is 4.79 Å². The molecule has 0 aromatic heterocycles. The molecule has 0 heterocycles. The van der Waals surface area contributed by atoms with Gasteiger partial charge < -0.3 is 4.74 Å². The monoisotopic (exact) mass is 240 g/mol. The van der Waals surface area contributed by atoms with Crippen molar-refractivity contribution in [3.8, 4) is 0 Å². The molecule has 0 fully saturated rings. The summed E-state index contributed by atoms with van der Waals surface area (Å²) in [6.45, 7) is 1.96. The molecular formula is C16H16O2. The summed E-state index contributed by atoms with van der Waals surface area (Å²) in [5, 5.41) is 0. The first-order chi connectivity index (χ1) is 8.72. The fourth-order valence-corrected chi connectivity index (χ4v) is 1.83. The Kier molecular flexibility index (Phi) is 3.90. The first kappa shape index (κ1) is 12.5. The van der Waals surface area contributed by atoms with Crippen LogP contribution in [0.15, 0.2) is 54.6 Å². The molecule has 0 aliphatic heterocycles. The molecule has 0 unspecified atom stereocenters. The second-order valence-corrected chi connectivity index (χ2v) is 4.20.